The van der Waals surface area contributed by atoms with Crippen LogP contribution in [0.4, 0.5) is 0 Å². The van der Waals surface area contributed by atoms with Crippen LogP contribution in [-0.2, 0) is 4.79 Å². The molecule has 1 aliphatic rings. The molecule has 1 N–H and O–H groups in total. The average Bonchev–Trinajstić information content (AvgIpc) is 2.46. The van der Waals surface area contributed by atoms with E-state index in [-0.39, 0.29) is 11.8 Å². The van der Waals surface area contributed by atoms with E-state index in [1.165, 1.54) is 0 Å². The molecule has 0 bridgehead atoms. The third-order valence-corrected chi connectivity index (χ3v) is 4.23. The molecule has 0 aromatic rings. The zero-order chi connectivity index (χ0) is 14.3. The number of oxime groups is 1. The zero-order valence-electron chi connectivity index (χ0n) is 12.6. The van der Waals surface area contributed by atoms with Gasteiger partial charge in [-0.1, -0.05) is 38.8 Å². The molecule has 1 amide bonds. The molecule has 19 heavy (non-hydrogen) atoms. The summed E-state index contributed by atoms with van der Waals surface area (Å²) in [5.41, 5.74) is 0.855. The van der Waals surface area contributed by atoms with E-state index in [2.05, 4.69) is 25.9 Å². The number of carbonyl (C=O) groups excluding carboxylic acids is 1. The van der Waals surface area contributed by atoms with Crippen molar-refractivity contribution in [2.75, 3.05) is 13.1 Å². The van der Waals surface area contributed by atoms with E-state index in [4.69, 9.17) is 5.21 Å². The van der Waals surface area contributed by atoms with Crippen LogP contribution in [0.1, 0.15) is 59.3 Å². The van der Waals surface area contributed by atoms with Gasteiger partial charge in [0.25, 0.3) is 0 Å². The second-order valence-electron chi connectivity index (χ2n) is 5.48. The molecule has 1 heterocycles. The molecule has 4 heteroatoms. The first-order valence-corrected chi connectivity index (χ1v) is 7.67. The van der Waals surface area contributed by atoms with Gasteiger partial charge in [-0.25, -0.2) is 0 Å². The number of carbonyl (C=O) groups is 1. The molecule has 0 aromatic carbocycles. The van der Waals surface area contributed by atoms with Crippen LogP contribution in [0.5, 0.6) is 0 Å². The lowest BCUT2D eigenvalue weighted by atomic mass is 9.91. The molecular formula is C15H28N2O2. The van der Waals surface area contributed by atoms with Crippen LogP contribution in [0, 0.1) is 11.8 Å². The molecule has 1 aliphatic heterocycles. The van der Waals surface area contributed by atoms with Gasteiger partial charge >= 0.3 is 0 Å². The van der Waals surface area contributed by atoms with Gasteiger partial charge in [0.1, 0.15) is 0 Å². The molecule has 1 saturated heterocycles. The monoisotopic (exact) mass is 268 g/mol. The minimum atomic E-state index is 0.171. The maximum atomic E-state index is 12.5. The van der Waals surface area contributed by atoms with Crippen LogP contribution in [0.2, 0.25) is 0 Å². The Morgan fingerprint density at radius 1 is 1.47 bits per heavy atom. The number of rotatable bonds is 6. The highest BCUT2D eigenvalue weighted by Crippen LogP contribution is 2.22. The van der Waals surface area contributed by atoms with Gasteiger partial charge in [-0.3, -0.25) is 4.79 Å². The van der Waals surface area contributed by atoms with Gasteiger partial charge in [0.15, 0.2) is 0 Å². The topological polar surface area (TPSA) is 52.9 Å². The van der Waals surface area contributed by atoms with Crippen molar-refractivity contribution in [3.63, 3.8) is 0 Å². The maximum Gasteiger partial charge on any atom is 0.225 e. The number of likely N-dealkylation sites (tertiary alicyclic amines) is 1. The third kappa shape index (κ3) is 4.22. The Labute approximate surface area is 116 Å². The van der Waals surface area contributed by atoms with Gasteiger partial charge in [0.2, 0.25) is 5.91 Å². The molecule has 2 atom stereocenters. The Hall–Kier alpha value is -1.06. The van der Waals surface area contributed by atoms with Crippen molar-refractivity contribution in [3.8, 4) is 0 Å². The fourth-order valence-electron chi connectivity index (χ4n) is 2.82. The van der Waals surface area contributed by atoms with Crippen molar-refractivity contribution in [2.45, 2.75) is 59.3 Å². The predicted octanol–water partition coefficient (Wildman–Crippen LogP) is 3.29. The standard InChI is InChI=1S/C15H28N2O2/c1-4-7-8-12(5-2)15(18)17-10-9-14(16-19)13(6-3)11-17/h12-13,19H,4-11H2,1-3H3. The number of piperidine rings is 1. The van der Waals surface area contributed by atoms with Crippen LogP contribution < -0.4 is 0 Å². The van der Waals surface area contributed by atoms with E-state index in [9.17, 15) is 4.79 Å². The fourth-order valence-corrected chi connectivity index (χ4v) is 2.82. The molecule has 0 radical (unpaired) electrons. The van der Waals surface area contributed by atoms with Crippen LogP contribution in [0.3, 0.4) is 0 Å². The van der Waals surface area contributed by atoms with Gasteiger partial charge in [0.05, 0.1) is 5.71 Å². The molecule has 1 rings (SSSR count). The Balaban J connectivity index is 2.62. The lowest BCUT2D eigenvalue weighted by molar-refractivity contribution is -0.136. The molecule has 0 saturated carbocycles. The molecule has 0 aromatic heterocycles. The average molecular weight is 268 g/mol. The first-order chi connectivity index (χ1) is 9.17. The van der Waals surface area contributed by atoms with E-state index in [0.717, 1.165) is 44.4 Å². The van der Waals surface area contributed by atoms with Crippen molar-refractivity contribution in [3.05, 3.63) is 0 Å². The number of hydrogen-bond acceptors (Lipinski definition) is 3. The predicted molar refractivity (Wildman–Crippen MR) is 77.5 cm³/mol. The van der Waals surface area contributed by atoms with Gasteiger partial charge in [-0.15, -0.1) is 0 Å². The van der Waals surface area contributed by atoms with Gasteiger partial charge in [-0.05, 0) is 19.3 Å². The normalized spacial score (nSPS) is 23.6. The van der Waals surface area contributed by atoms with Crippen molar-refractivity contribution in [1.29, 1.82) is 0 Å². The molecule has 2 unspecified atom stereocenters. The van der Waals surface area contributed by atoms with E-state index < -0.39 is 0 Å². The lowest BCUT2D eigenvalue weighted by Crippen LogP contribution is -2.46. The highest BCUT2D eigenvalue weighted by Gasteiger charge is 2.30. The molecule has 0 spiro atoms. The fraction of sp³-hybridized carbons (Fsp3) is 0.867. The summed E-state index contributed by atoms with van der Waals surface area (Å²) in [6.45, 7) is 7.77. The number of amides is 1. The van der Waals surface area contributed by atoms with Crippen LogP contribution >= 0.6 is 0 Å². The molecule has 110 valence electrons. The second-order valence-corrected chi connectivity index (χ2v) is 5.48. The summed E-state index contributed by atoms with van der Waals surface area (Å²) in [7, 11) is 0. The van der Waals surface area contributed by atoms with Crippen molar-refractivity contribution in [2.24, 2.45) is 17.0 Å². The Morgan fingerprint density at radius 3 is 2.74 bits per heavy atom. The summed E-state index contributed by atoms with van der Waals surface area (Å²) in [6, 6.07) is 0. The van der Waals surface area contributed by atoms with E-state index in [1.54, 1.807) is 0 Å². The van der Waals surface area contributed by atoms with Crippen molar-refractivity contribution < 1.29 is 10.0 Å². The lowest BCUT2D eigenvalue weighted by Gasteiger charge is -2.35. The van der Waals surface area contributed by atoms with Crippen LogP contribution in [0.25, 0.3) is 0 Å². The van der Waals surface area contributed by atoms with E-state index in [1.807, 2.05) is 4.90 Å². The smallest absolute Gasteiger partial charge is 0.225 e. The molecule has 1 fully saturated rings. The number of unbranched alkanes of at least 4 members (excludes halogenated alkanes) is 1. The molecule has 0 aliphatic carbocycles. The van der Waals surface area contributed by atoms with Crippen molar-refractivity contribution in [1.82, 2.24) is 4.90 Å². The first-order valence-electron chi connectivity index (χ1n) is 7.67. The largest absolute Gasteiger partial charge is 0.411 e. The van der Waals surface area contributed by atoms with Gasteiger partial charge in [0, 0.05) is 31.3 Å². The Kier molecular flexibility index (Phi) is 6.89. The van der Waals surface area contributed by atoms with E-state index in [0.29, 0.717) is 18.9 Å². The minimum Gasteiger partial charge on any atom is -0.411 e. The number of hydrogen-bond donors (Lipinski definition) is 1. The quantitative estimate of drug-likeness (QED) is 0.593. The summed E-state index contributed by atoms with van der Waals surface area (Å²) in [4.78, 5) is 14.5. The summed E-state index contributed by atoms with van der Waals surface area (Å²) in [6.07, 6.45) is 5.83. The second kappa shape index (κ2) is 8.18. The van der Waals surface area contributed by atoms with Crippen molar-refractivity contribution >= 4 is 11.6 Å². The summed E-state index contributed by atoms with van der Waals surface area (Å²) in [5, 5.41) is 12.4. The maximum absolute atomic E-state index is 12.5. The highest BCUT2D eigenvalue weighted by atomic mass is 16.4. The molecule has 4 nitrogen and oxygen atoms in total. The highest BCUT2D eigenvalue weighted by molar-refractivity contribution is 5.89. The first kappa shape index (κ1) is 16.0. The summed E-state index contributed by atoms with van der Waals surface area (Å²) < 4.78 is 0. The minimum absolute atomic E-state index is 0.171. The van der Waals surface area contributed by atoms with Gasteiger partial charge in [-0.2, -0.15) is 0 Å². The van der Waals surface area contributed by atoms with Crippen LogP contribution in [0.15, 0.2) is 5.16 Å². The molecular weight excluding hydrogens is 240 g/mol. The zero-order valence-corrected chi connectivity index (χ0v) is 12.6. The Bertz CT molecular complexity index is 315. The third-order valence-electron chi connectivity index (χ3n) is 4.23. The summed E-state index contributed by atoms with van der Waals surface area (Å²) in [5.74, 6) is 0.697. The number of nitrogens with zero attached hydrogens (tertiary/aromatic N) is 2. The van der Waals surface area contributed by atoms with E-state index >= 15 is 0 Å². The Morgan fingerprint density at radius 2 is 2.21 bits per heavy atom. The van der Waals surface area contributed by atoms with Crippen LogP contribution in [-0.4, -0.2) is 34.8 Å². The van der Waals surface area contributed by atoms with Gasteiger partial charge < -0.3 is 10.1 Å². The summed E-state index contributed by atoms with van der Waals surface area (Å²) >= 11 is 0. The SMILES string of the molecule is CCCCC(CC)C(=O)N1CCC(=NO)C(CC)C1.